The molecule has 0 aliphatic heterocycles. The Morgan fingerprint density at radius 1 is 0.953 bits per heavy atom. The molecule has 1 amide bonds. The van der Waals surface area contributed by atoms with Gasteiger partial charge in [-0.15, -0.1) is 0 Å². The molecule has 0 spiro atoms. The van der Waals surface area contributed by atoms with E-state index >= 15 is 0 Å². The summed E-state index contributed by atoms with van der Waals surface area (Å²) >= 11 is 5.99. The molecular formula is C27H23ClF3N7O5. The van der Waals surface area contributed by atoms with E-state index in [2.05, 4.69) is 36.2 Å². The fraction of sp³-hybridized carbons (Fsp3) is 0.259. The molecule has 1 aliphatic rings. The summed E-state index contributed by atoms with van der Waals surface area (Å²) in [6.45, 7) is -1.40. The Morgan fingerprint density at radius 3 is 2.26 bits per heavy atom. The van der Waals surface area contributed by atoms with Gasteiger partial charge in [0.2, 0.25) is 11.9 Å². The van der Waals surface area contributed by atoms with Crippen molar-refractivity contribution in [3.63, 3.8) is 0 Å². The van der Waals surface area contributed by atoms with Gasteiger partial charge in [0.25, 0.3) is 16.8 Å². The summed E-state index contributed by atoms with van der Waals surface area (Å²) in [5, 5.41) is 21.2. The molecule has 5 rings (SSSR count). The number of carbonyl (C=O) groups is 1. The molecule has 0 saturated heterocycles. The molecule has 1 saturated carbocycles. The van der Waals surface area contributed by atoms with E-state index in [1.54, 1.807) is 12.1 Å². The average molecular weight is 618 g/mol. The number of hydrogen-bond donors (Lipinski definition) is 5. The van der Waals surface area contributed by atoms with Gasteiger partial charge in [-0.2, -0.15) is 28.1 Å². The van der Waals surface area contributed by atoms with Gasteiger partial charge >= 0.3 is 12.2 Å². The summed E-state index contributed by atoms with van der Waals surface area (Å²) in [5.74, 6) is -1.16. The molecule has 1 aromatic heterocycles. The van der Waals surface area contributed by atoms with E-state index < -0.39 is 46.8 Å². The zero-order valence-corrected chi connectivity index (χ0v) is 22.8. The smallest absolute Gasteiger partial charge is 0.422 e. The van der Waals surface area contributed by atoms with E-state index in [9.17, 15) is 32.7 Å². The van der Waals surface area contributed by atoms with E-state index in [0.29, 0.717) is 10.7 Å². The molecule has 0 radical (unpaired) electrons. The second-order valence-electron chi connectivity index (χ2n) is 9.65. The molecule has 0 bridgehead atoms. The lowest BCUT2D eigenvalue weighted by molar-refractivity contribution is -0.154. The summed E-state index contributed by atoms with van der Waals surface area (Å²) in [6, 6.07) is 12.7. The number of carbonyl (C=O) groups excluding carboxylic acids is 1. The molecule has 16 heteroatoms. The minimum absolute atomic E-state index is 0.00350. The number of alkyl halides is 3. The molecule has 3 aromatic carbocycles. The van der Waals surface area contributed by atoms with Gasteiger partial charge in [0.1, 0.15) is 5.69 Å². The van der Waals surface area contributed by atoms with Crippen LogP contribution in [0.2, 0.25) is 5.02 Å². The van der Waals surface area contributed by atoms with E-state index in [4.69, 9.17) is 16.3 Å². The normalized spacial score (nSPS) is 13.8. The molecule has 1 fully saturated rings. The summed E-state index contributed by atoms with van der Waals surface area (Å²) in [7, 11) is 0. The number of ether oxygens (including phenoxy) is 1. The second-order valence-corrected chi connectivity index (χ2v) is 10.1. The topological polar surface area (TPSA) is 167 Å². The fourth-order valence-electron chi connectivity index (χ4n) is 4.12. The third kappa shape index (κ3) is 7.12. The van der Waals surface area contributed by atoms with Crippen LogP contribution in [0.1, 0.15) is 28.8 Å². The van der Waals surface area contributed by atoms with Crippen LogP contribution in [0.25, 0.3) is 0 Å². The standard InChI is InChI=1S/C27H23ClF3N7O5/c28-16-5-3-15(4-6-16)26(9-10-26)38-24-35-23(36-25(37-24)43-13-27(29,30)31)34-17-7-1-14(2-8-17)22(42)33-12-11-32-18-19(39)21(41)20(18)40/h1-8,32,39H,9-13H2,(H,33,42)(H2,34,35,36,37,38). The van der Waals surface area contributed by atoms with Crippen LogP contribution in [0.3, 0.4) is 0 Å². The number of aromatic hydroxyl groups is 1. The maximum Gasteiger partial charge on any atom is 0.422 e. The van der Waals surface area contributed by atoms with Gasteiger partial charge in [0, 0.05) is 29.4 Å². The van der Waals surface area contributed by atoms with E-state index in [0.717, 1.165) is 18.4 Å². The van der Waals surface area contributed by atoms with Crippen molar-refractivity contribution in [3.05, 3.63) is 85.1 Å². The van der Waals surface area contributed by atoms with Crippen molar-refractivity contribution in [2.75, 3.05) is 35.6 Å². The van der Waals surface area contributed by atoms with Crippen LogP contribution in [-0.2, 0) is 5.54 Å². The molecule has 0 atom stereocenters. The number of nitrogens with zero attached hydrogens (tertiary/aromatic N) is 3. The Balaban J connectivity index is 1.24. The van der Waals surface area contributed by atoms with Gasteiger partial charge in [-0.25, -0.2) is 0 Å². The zero-order chi connectivity index (χ0) is 30.8. The van der Waals surface area contributed by atoms with Crippen molar-refractivity contribution in [2.24, 2.45) is 0 Å². The third-order valence-corrected chi connectivity index (χ3v) is 6.73. The van der Waals surface area contributed by atoms with Crippen LogP contribution in [0.5, 0.6) is 11.8 Å². The number of hydrogen-bond acceptors (Lipinski definition) is 11. The SMILES string of the molecule is O=C(NCCNc1c(O)c(=O)c1=O)c1ccc(Nc2nc(NC3(c4ccc(Cl)cc4)CC3)nc(OCC(F)(F)F)n2)cc1. The van der Waals surface area contributed by atoms with Gasteiger partial charge < -0.3 is 31.1 Å². The number of anilines is 4. The molecule has 4 aromatic rings. The number of benzene rings is 2. The van der Waals surface area contributed by atoms with Crippen molar-refractivity contribution < 1.29 is 27.8 Å². The lowest BCUT2D eigenvalue weighted by atomic mass is 10.1. The Labute approximate surface area is 246 Å². The highest BCUT2D eigenvalue weighted by atomic mass is 35.5. The highest BCUT2D eigenvalue weighted by Crippen LogP contribution is 2.48. The minimum atomic E-state index is -4.60. The Bertz CT molecular complexity index is 1700. The molecule has 0 unspecified atom stereocenters. The number of nitrogens with one attached hydrogen (secondary N) is 4. The largest absolute Gasteiger partial charge is 0.502 e. The predicted octanol–water partition coefficient (Wildman–Crippen LogP) is 3.45. The average Bonchev–Trinajstić information content (AvgIpc) is 3.76. The molecule has 224 valence electrons. The zero-order valence-electron chi connectivity index (χ0n) is 22.1. The first-order chi connectivity index (χ1) is 20.4. The molecule has 12 nitrogen and oxygen atoms in total. The summed E-state index contributed by atoms with van der Waals surface area (Å²) in [5.41, 5.74) is -0.857. The van der Waals surface area contributed by atoms with Gasteiger partial charge in [-0.3, -0.25) is 14.4 Å². The third-order valence-electron chi connectivity index (χ3n) is 6.48. The summed E-state index contributed by atoms with van der Waals surface area (Å²) in [4.78, 5) is 47.1. The van der Waals surface area contributed by atoms with Gasteiger partial charge in [0.05, 0.1) is 5.54 Å². The molecule has 1 aliphatic carbocycles. The highest BCUT2D eigenvalue weighted by Gasteiger charge is 2.45. The molecule has 43 heavy (non-hydrogen) atoms. The Hall–Kier alpha value is -4.92. The first kappa shape index (κ1) is 29.6. The van der Waals surface area contributed by atoms with Gasteiger partial charge in [0.15, 0.2) is 12.4 Å². The fourth-order valence-corrected chi connectivity index (χ4v) is 4.24. The van der Waals surface area contributed by atoms with E-state index in [-0.39, 0.29) is 36.2 Å². The summed E-state index contributed by atoms with van der Waals surface area (Å²) < 4.78 is 43.2. The minimum Gasteiger partial charge on any atom is -0.502 e. The summed E-state index contributed by atoms with van der Waals surface area (Å²) in [6.07, 6.45) is -3.13. The van der Waals surface area contributed by atoms with Crippen molar-refractivity contribution >= 4 is 40.8 Å². The second kappa shape index (κ2) is 11.8. The lowest BCUT2D eigenvalue weighted by Crippen LogP contribution is -2.36. The maximum absolute atomic E-state index is 12.8. The molecule has 5 N–H and O–H groups in total. The van der Waals surface area contributed by atoms with E-state index in [1.807, 2.05) is 12.1 Å². The maximum atomic E-state index is 12.8. The monoisotopic (exact) mass is 617 g/mol. The number of rotatable bonds is 12. The number of amides is 1. The predicted molar refractivity (Wildman–Crippen MR) is 151 cm³/mol. The number of halogens is 4. The lowest BCUT2D eigenvalue weighted by Gasteiger charge is -2.19. The Kier molecular flexibility index (Phi) is 8.08. The Morgan fingerprint density at radius 2 is 1.63 bits per heavy atom. The van der Waals surface area contributed by atoms with Gasteiger partial charge in [-0.05, 0) is 54.8 Å². The van der Waals surface area contributed by atoms with Crippen molar-refractivity contribution in [3.8, 4) is 11.8 Å². The van der Waals surface area contributed by atoms with Crippen LogP contribution in [-0.4, -0.2) is 51.8 Å². The van der Waals surface area contributed by atoms with Crippen molar-refractivity contribution in [1.29, 1.82) is 0 Å². The van der Waals surface area contributed by atoms with Crippen LogP contribution in [0.15, 0.2) is 58.1 Å². The quantitative estimate of drug-likeness (QED) is 0.117. The van der Waals surface area contributed by atoms with Crippen LogP contribution < -0.4 is 36.9 Å². The van der Waals surface area contributed by atoms with Crippen molar-refractivity contribution in [2.45, 2.75) is 24.6 Å². The highest BCUT2D eigenvalue weighted by molar-refractivity contribution is 6.30. The van der Waals surface area contributed by atoms with Gasteiger partial charge in [-0.1, -0.05) is 23.7 Å². The van der Waals surface area contributed by atoms with Crippen LogP contribution >= 0.6 is 11.6 Å². The van der Waals surface area contributed by atoms with E-state index in [1.165, 1.54) is 24.3 Å². The molecular weight excluding hydrogens is 595 g/mol. The first-order valence-corrected chi connectivity index (χ1v) is 13.2. The van der Waals surface area contributed by atoms with Crippen LogP contribution in [0.4, 0.5) is 36.4 Å². The first-order valence-electron chi connectivity index (χ1n) is 12.8. The number of aromatic nitrogens is 3. The molecule has 1 heterocycles. The van der Waals surface area contributed by atoms with Crippen LogP contribution in [0, 0.1) is 0 Å². The van der Waals surface area contributed by atoms with Crippen molar-refractivity contribution in [1.82, 2.24) is 20.3 Å².